The van der Waals surface area contributed by atoms with Gasteiger partial charge in [-0.25, -0.2) is 0 Å². The fourth-order valence-corrected chi connectivity index (χ4v) is 5.01. The average Bonchev–Trinajstić information content (AvgIpc) is 3.27. The molecule has 0 radical (unpaired) electrons. The summed E-state index contributed by atoms with van der Waals surface area (Å²) >= 11 is 0. The molecule has 0 saturated heterocycles. The lowest BCUT2D eigenvalue weighted by Gasteiger charge is -2.29. The van der Waals surface area contributed by atoms with Gasteiger partial charge in [0.15, 0.2) is 0 Å². The maximum absolute atomic E-state index is 6.13. The molecule has 1 aliphatic heterocycles. The molecule has 1 aromatic carbocycles. The number of ether oxygens (including phenoxy) is 1. The molecule has 2 nitrogen and oxygen atoms in total. The van der Waals surface area contributed by atoms with Crippen LogP contribution in [-0.2, 0) is 11.2 Å². The largest absolute Gasteiger partial charge is 0.373 e. The minimum atomic E-state index is 0.301. The number of benzene rings is 1. The van der Waals surface area contributed by atoms with E-state index in [2.05, 4.69) is 36.6 Å². The summed E-state index contributed by atoms with van der Waals surface area (Å²) in [4.78, 5) is 0. The highest BCUT2D eigenvalue weighted by Crippen LogP contribution is 2.58. The number of fused-ring (bicyclic) bond motifs is 2. The third-order valence-electron chi connectivity index (χ3n) is 6.12. The molecule has 114 valence electrons. The van der Waals surface area contributed by atoms with Gasteiger partial charge in [-0.1, -0.05) is 37.1 Å². The Hall–Kier alpha value is -0.860. The van der Waals surface area contributed by atoms with Crippen molar-refractivity contribution in [2.45, 2.75) is 50.7 Å². The van der Waals surface area contributed by atoms with E-state index in [1.54, 1.807) is 0 Å². The van der Waals surface area contributed by atoms with Crippen molar-refractivity contribution in [2.24, 2.45) is 17.8 Å². The first-order valence-electron chi connectivity index (χ1n) is 8.75. The van der Waals surface area contributed by atoms with Crippen LogP contribution in [0.5, 0.6) is 0 Å². The van der Waals surface area contributed by atoms with Gasteiger partial charge in [-0.05, 0) is 61.6 Å². The van der Waals surface area contributed by atoms with Crippen molar-refractivity contribution in [3.63, 3.8) is 0 Å². The highest BCUT2D eigenvalue weighted by atomic mass is 16.5. The van der Waals surface area contributed by atoms with E-state index in [1.165, 1.54) is 36.8 Å². The van der Waals surface area contributed by atoms with Gasteiger partial charge in [0.1, 0.15) is 0 Å². The van der Waals surface area contributed by atoms with Gasteiger partial charge in [-0.2, -0.15) is 0 Å². The second-order valence-electron chi connectivity index (χ2n) is 7.13. The summed E-state index contributed by atoms with van der Waals surface area (Å²) in [7, 11) is 2.14. The van der Waals surface area contributed by atoms with Crippen LogP contribution in [0.3, 0.4) is 0 Å². The summed E-state index contributed by atoms with van der Waals surface area (Å²) < 4.78 is 6.13. The Balaban J connectivity index is 1.48. The Kier molecular flexibility index (Phi) is 3.76. The standard InChI is InChI=1S/C19H27NO/c1-20-17(19-15-8-4-5-9-16(15)19)12-18-14-7-3-2-6-13(14)10-11-21-18/h2-3,6-7,15-20H,4-5,8-12H2,1H3. The second kappa shape index (κ2) is 5.73. The quantitative estimate of drug-likeness (QED) is 0.910. The Morgan fingerprint density at radius 2 is 1.95 bits per heavy atom. The first-order valence-corrected chi connectivity index (χ1v) is 8.75. The minimum absolute atomic E-state index is 0.301. The Labute approximate surface area is 128 Å². The van der Waals surface area contributed by atoms with Crippen LogP contribution in [0.25, 0.3) is 0 Å². The van der Waals surface area contributed by atoms with Crippen molar-refractivity contribution in [3.8, 4) is 0 Å². The van der Waals surface area contributed by atoms with Gasteiger partial charge in [-0.15, -0.1) is 0 Å². The van der Waals surface area contributed by atoms with Crippen LogP contribution >= 0.6 is 0 Å². The summed E-state index contributed by atoms with van der Waals surface area (Å²) in [6, 6.07) is 9.49. The number of nitrogens with one attached hydrogen (secondary N) is 1. The molecule has 2 saturated carbocycles. The fourth-order valence-electron chi connectivity index (χ4n) is 5.01. The van der Waals surface area contributed by atoms with Crippen molar-refractivity contribution in [1.29, 1.82) is 0 Å². The first-order chi connectivity index (χ1) is 10.4. The maximum Gasteiger partial charge on any atom is 0.0842 e. The van der Waals surface area contributed by atoms with Crippen LogP contribution in [-0.4, -0.2) is 19.7 Å². The van der Waals surface area contributed by atoms with E-state index in [0.29, 0.717) is 12.1 Å². The fraction of sp³-hybridized carbons (Fsp3) is 0.684. The van der Waals surface area contributed by atoms with Gasteiger partial charge in [0.2, 0.25) is 0 Å². The monoisotopic (exact) mass is 285 g/mol. The molecule has 0 bridgehead atoms. The SMILES string of the molecule is CNC(CC1OCCc2ccccc21)C1C2CCCCC21. The molecule has 0 amide bonds. The average molecular weight is 285 g/mol. The molecule has 2 fully saturated rings. The predicted octanol–water partition coefficient (Wildman–Crippen LogP) is 3.71. The van der Waals surface area contributed by atoms with Gasteiger partial charge in [0, 0.05) is 6.04 Å². The summed E-state index contributed by atoms with van der Waals surface area (Å²) in [6.45, 7) is 0.885. The zero-order chi connectivity index (χ0) is 14.2. The van der Waals surface area contributed by atoms with E-state index in [1.807, 2.05) is 0 Å². The van der Waals surface area contributed by atoms with Crippen LogP contribution in [0, 0.1) is 17.8 Å². The van der Waals surface area contributed by atoms with E-state index in [0.717, 1.165) is 37.2 Å². The molecule has 1 N–H and O–H groups in total. The second-order valence-corrected chi connectivity index (χ2v) is 7.13. The number of rotatable bonds is 4. The van der Waals surface area contributed by atoms with Gasteiger partial charge >= 0.3 is 0 Å². The summed E-state index contributed by atoms with van der Waals surface area (Å²) in [5.74, 6) is 2.93. The minimum Gasteiger partial charge on any atom is -0.373 e. The smallest absolute Gasteiger partial charge is 0.0842 e. The van der Waals surface area contributed by atoms with Crippen LogP contribution in [0.2, 0.25) is 0 Å². The van der Waals surface area contributed by atoms with Crippen molar-refractivity contribution in [1.82, 2.24) is 5.32 Å². The lowest BCUT2D eigenvalue weighted by molar-refractivity contribution is 0.0276. The molecular formula is C19H27NO. The molecule has 3 aliphatic rings. The molecule has 1 heterocycles. The highest BCUT2D eigenvalue weighted by molar-refractivity contribution is 5.31. The highest BCUT2D eigenvalue weighted by Gasteiger charge is 2.54. The van der Waals surface area contributed by atoms with E-state index in [9.17, 15) is 0 Å². The van der Waals surface area contributed by atoms with E-state index in [-0.39, 0.29) is 0 Å². The number of hydrogen-bond acceptors (Lipinski definition) is 2. The first kappa shape index (κ1) is 13.8. The molecule has 4 atom stereocenters. The molecule has 4 unspecified atom stereocenters. The molecule has 4 rings (SSSR count). The lowest BCUT2D eigenvalue weighted by Crippen LogP contribution is -2.32. The molecule has 0 aromatic heterocycles. The normalized spacial score (nSPS) is 35.7. The van der Waals surface area contributed by atoms with Gasteiger partial charge in [0.05, 0.1) is 12.7 Å². The van der Waals surface area contributed by atoms with Gasteiger partial charge < -0.3 is 10.1 Å². The maximum atomic E-state index is 6.13. The molecule has 21 heavy (non-hydrogen) atoms. The summed E-state index contributed by atoms with van der Waals surface area (Å²) in [6.07, 6.45) is 8.37. The van der Waals surface area contributed by atoms with Crippen LogP contribution in [0.4, 0.5) is 0 Å². The molecule has 0 spiro atoms. The van der Waals surface area contributed by atoms with Crippen LogP contribution in [0.15, 0.2) is 24.3 Å². The lowest BCUT2D eigenvalue weighted by atomic mass is 9.91. The van der Waals surface area contributed by atoms with Crippen LogP contribution in [0.1, 0.15) is 49.3 Å². The third-order valence-corrected chi connectivity index (χ3v) is 6.12. The Morgan fingerprint density at radius 1 is 1.19 bits per heavy atom. The van der Waals surface area contributed by atoms with Crippen molar-refractivity contribution < 1.29 is 4.74 Å². The zero-order valence-electron chi connectivity index (χ0n) is 13.1. The third kappa shape index (κ3) is 2.53. The molecule has 1 aromatic rings. The summed E-state index contributed by atoms with van der Waals surface area (Å²) in [5.41, 5.74) is 2.93. The van der Waals surface area contributed by atoms with Gasteiger partial charge in [-0.3, -0.25) is 0 Å². The molecule has 2 aliphatic carbocycles. The summed E-state index contributed by atoms with van der Waals surface area (Å²) in [5, 5.41) is 3.62. The Bertz CT molecular complexity index is 488. The predicted molar refractivity (Wildman–Crippen MR) is 85.2 cm³/mol. The van der Waals surface area contributed by atoms with Crippen molar-refractivity contribution in [2.75, 3.05) is 13.7 Å². The topological polar surface area (TPSA) is 21.3 Å². The van der Waals surface area contributed by atoms with Crippen molar-refractivity contribution in [3.05, 3.63) is 35.4 Å². The van der Waals surface area contributed by atoms with Gasteiger partial charge in [0.25, 0.3) is 0 Å². The van der Waals surface area contributed by atoms with E-state index < -0.39 is 0 Å². The molecular weight excluding hydrogens is 258 g/mol. The van der Waals surface area contributed by atoms with Crippen LogP contribution < -0.4 is 5.32 Å². The Morgan fingerprint density at radius 3 is 2.71 bits per heavy atom. The molecule has 2 heteroatoms. The zero-order valence-corrected chi connectivity index (χ0v) is 13.1. The van der Waals surface area contributed by atoms with E-state index >= 15 is 0 Å². The van der Waals surface area contributed by atoms with Crippen molar-refractivity contribution >= 4 is 0 Å². The number of hydrogen-bond donors (Lipinski definition) is 1. The van der Waals surface area contributed by atoms with E-state index in [4.69, 9.17) is 4.74 Å².